The normalized spacial score (nSPS) is 17.0. The Hall–Kier alpha value is -3.85. The van der Waals surface area contributed by atoms with Gasteiger partial charge < -0.3 is 19.3 Å². The highest BCUT2D eigenvalue weighted by molar-refractivity contribution is 7.07. The van der Waals surface area contributed by atoms with Gasteiger partial charge in [0.2, 0.25) is 6.79 Å². The van der Waals surface area contributed by atoms with Crippen molar-refractivity contribution in [3.8, 4) is 17.2 Å². The maximum absolute atomic E-state index is 13.5. The number of fused-ring (bicyclic) bond motifs is 2. The quantitative estimate of drug-likeness (QED) is 0.595. The first kappa shape index (κ1) is 21.0. The van der Waals surface area contributed by atoms with E-state index in [0.717, 1.165) is 5.56 Å². The number of carbonyl (C=O) groups excluding carboxylic acids is 1. The Balaban J connectivity index is 1.72. The number of thiazole rings is 1. The second-order valence-corrected chi connectivity index (χ2v) is 8.52. The summed E-state index contributed by atoms with van der Waals surface area (Å²) in [7, 11) is 0. The second kappa shape index (κ2) is 8.25. The maximum atomic E-state index is 13.5. The van der Waals surface area contributed by atoms with E-state index in [1.54, 1.807) is 56.3 Å². The monoisotopic (exact) mass is 464 g/mol. The number of allylic oxidation sites excluding steroid dienone is 1. The first-order valence-electron chi connectivity index (χ1n) is 10.3. The molecule has 5 rings (SSSR count). The van der Waals surface area contributed by atoms with Crippen LogP contribution in [0.1, 0.15) is 31.0 Å². The predicted molar refractivity (Wildman–Crippen MR) is 121 cm³/mol. The van der Waals surface area contributed by atoms with Crippen LogP contribution in [0.5, 0.6) is 17.2 Å². The average molecular weight is 464 g/mol. The van der Waals surface area contributed by atoms with Crippen molar-refractivity contribution in [1.82, 2.24) is 4.57 Å². The SMILES string of the molecule is CCOC(=O)C1=C(C)N=c2s/c(=C\c3ccc(O)cc3)c(=O)n2[C@@H]1c1ccc2c(c1)OCO2. The summed E-state index contributed by atoms with van der Waals surface area (Å²) >= 11 is 1.24. The molecule has 0 aliphatic carbocycles. The van der Waals surface area contributed by atoms with E-state index < -0.39 is 12.0 Å². The molecule has 0 fully saturated rings. The molecule has 2 aliphatic heterocycles. The zero-order chi connectivity index (χ0) is 23.1. The van der Waals surface area contributed by atoms with Crippen LogP contribution in [-0.2, 0) is 9.53 Å². The molecule has 2 aromatic carbocycles. The molecule has 168 valence electrons. The number of phenols is 1. The third-order valence-corrected chi connectivity index (χ3v) is 6.40. The largest absolute Gasteiger partial charge is 0.508 e. The van der Waals surface area contributed by atoms with Gasteiger partial charge in [0.25, 0.3) is 5.56 Å². The van der Waals surface area contributed by atoms with Crippen LogP contribution in [-0.4, -0.2) is 29.0 Å². The van der Waals surface area contributed by atoms with E-state index in [-0.39, 0.29) is 24.7 Å². The Morgan fingerprint density at radius 1 is 1.24 bits per heavy atom. The van der Waals surface area contributed by atoms with Crippen LogP contribution in [0, 0.1) is 0 Å². The van der Waals surface area contributed by atoms with Gasteiger partial charge in [-0.1, -0.05) is 29.5 Å². The van der Waals surface area contributed by atoms with Gasteiger partial charge in [-0.25, -0.2) is 9.79 Å². The van der Waals surface area contributed by atoms with Gasteiger partial charge in [-0.2, -0.15) is 0 Å². The molecule has 3 aromatic rings. The molecule has 0 unspecified atom stereocenters. The van der Waals surface area contributed by atoms with Crippen molar-refractivity contribution in [3.63, 3.8) is 0 Å². The molecular formula is C24H20N2O6S. The lowest BCUT2D eigenvalue weighted by Gasteiger charge is -2.24. The minimum absolute atomic E-state index is 0.119. The van der Waals surface area contributed by atoms with E-state index in [4.69, 9.17) is 14.2 Å². The van der Waals surface area contributed by atoms with Crippen molar-refractivity contribution >= 4 is 23.4 Å². The summed E-state index contributed by atoms with van der Waals surface area (Å²) in [5.41, 5.74) is 1.98. The molecule has 1 aromatic heterocycles. The summed E-state index contributed by atoms with van der Waals surface area (Å²) in [6, 6.07) is 11.2. The predicted octanol–water partition coefficient (Wildman–Crippen LogP) is 2.23. The zero-order valence-corrected chi connectivity index (χ0v) is 18.7. The number of aromatic hydroxyl groups is 1. The number of aromatic nitrogens is 1. The van der Waals surface area contributed by atoms with E-state index in [1.807, 2.05) is 6.07 Å². The summed E-state index contributed by atoms with van der Waals surface area (Å²) in [5, 5.41) is 9.53. The summed E-state index contributed by atoms with van der Waals surface area (Å²) in [5.74, 6) is 0.786. The van der Waals surface area contributed by atoms with E-state index in [9.17, 15) is 14.7 Å². The Bertz CT molecular complexity index is 1470. The Morgan fingerprint density at radius 2 is 2.00 bits per heavy atom. The second-order valence-electron chi connectivity index (χ2n) is 7.51. The van der Waals surface area contributed by atoms with Crippen LogP contribution in [0.3, 0.4) is 0 Å². The number of hydrogen-bond acceptors (Lipinski definition) is 8. The number of esters is 1. The fourth-order valence-corrected chi connectivity index (χ4v) is 4.96. The average Bonchev–Trinajstić information content (AvgIpc) is 3.38. The minimum Gasteiger partial charge on any atom is -0.508 e. The fourth-order valence-electron chi connectivity index (χ4n) is 3.91. The molecule has 0 saturated carbocycles. The first-order chi connectivity index (χ1) is 16.0. The Morgan fingerprint density at radius 3 is 2.76 bits per heavy atom. The lowest BCUT2D eigenvalue weighted by molar-refractivity contribution is -0.139. The van der Waals surface area contributed by atoms with Gasteiger partial charge in [-0.3, -0.25) is 9.36 Å². The molecule has 8 nitrogen and oxygen atoms in total. The summed E-state index contributed by atoms with van der Waals surface area (Å²) in [4.78, 5) is 31.5. The number of carbonyl (C=O) groups is 1. The van der Waals surface area contributed by atoms with Crippen LogP contribution < -0.4 is 24.4 Å². The Labute approximate surface area is 192 Å². The molecule has 1 atom stereocenters. The molecule has 0 radical (unpaired) electrons. The highest BCUT2D eigenvalue weighted by Gasteiger charge is 2.34. The van der Waals surface area contributed by atoms with E-state index >= 15 is 0 Å². The van der Waals surface area contributed by atoms with Crippen molar-refractivity contribution in [3.05, 3.63) is 84.5 Å². The molecular weight excluding hydrogens is 444 g/mol. The lowest BCUT2D eigenvalue weighted by Crippen LogP contribution is -2.39. The first-order valence-corrected chi connectivity index (χ1v) is 11.2. The molecule has 2 aliphatic rings. The molecule has 0 spiro atoms. The molecule has 1 N–H and O–H groups in total. The molecule has 0 amide bonds. The van der Waals surface area contributed by atoms with Crippen LogP contribution in [0.4, 0.5) is 0 Å². The van der Waals surface area contributed by atoms with Crippen molar-refractivity contribution in [2.45, 2.75) is 19.9 Å². The molecule has 0 bridgehead atoms. The maximum Gasteiger partial charge on any atom is 0.338 e. The minimum atomic E-state index is -0.725. The fraction of sp³-hybridized carbons (Fsp3) is 0.208. The van der Waals surface area contributed by atoms with Crippen molar-refractivity contribution < 1.29 is 24.1 Å². The van der Waals surface area contributed by atoms with Gasteiger partial charge in [-0.05, 0) is 55.3 Å². The third kappa shape index (κ3) is 3.70. The van der Waals surface area contributed by atoms with Gasteiger partial charge in [0.1, 0.15) is 5.75 Å². The standard InChI is InChI=1S/C24H20N2O6S/c1-3-30-23(29)20-13(2)25-24-26(21(20)15-6-9-17-18(11-15)32-12-31-17)22(28)19(33-24)10-14-4-7-16(27)8-5-14/h4-11,21,27H,3,12H2,1-2H3/b19-10-/t21-/m1/s1. The number of nitrogens with zero attached hydrogens (tertiary/aromatic N) is 2. The van der Waals surface area contributed by atoms with Crippen LogP contribution in [0.2, 0.25) is 0 Å². The molecule has 33 heavy (non-hydrogen) atoms. The zero-order valence-electron chi connectivity index (χ0n) is 17.9. The summed E-state index contributed by atoms with van der Waals surface area (Å²) in [6.45, 7) is 3.79. The molecule has 9 heteroatoms. The number of benzene rings is 2. The number of hydrogen-bond donors (Lipinski definition) is 1. The van der Waals surface area contributed by atoms with Gasteiger partial charge >= 0.3 is 5.97 Å². The van der Waals surface area contributed by atoms with Gasteiger partial charge in [0, 0.05) is 0 Å². The van der Waals surface area contributed by atoms with Crippen molar-refractivity contribution in [2.24, 2.45) is 4.99 Å². The summed E-state index contributed by atoms with van der Waals surface area (Å²) < 4.78 is 18.2. The van der Waals surface area contributed by atoms with E-state index in [0.29, 0.717) is 37.7 Å². The highest BCUT2D eigenvalue weighted by Crippen LogP contribution is 2.38. The molecule has 0 saturated heterocycles. The molecule has 3 heterocycles. The number of rotatable bonds is 4. The van der Waals surface area contributed by atoms with Crippen molar-refractivity contribution in [2.75, 3.05) is 13.4 Å². The van der Waals surface area contributed by atoms with Gasteiger partial charge in [0.05, 0.1) is 28.5 Å². The third-order valence-electron chi connectivity index (χ3n) is 5.42. The summed E-state index contributed by atoms with van der Waals surface area (Å²) in [6.07, 6.45) is 1.74. The topological polar surface area (TPSA) is 99.4 Å². The van der Waals surface area contributed by atoms with Crippen LogP contribution >= 0.6 is 11.3 Å². The van der Waals surface area contributed by atoms with E-state index in [2.05, 4.69) is 4.99 Å². The van der Waals surface area contributed by atoms with Crippen molar-refractivity contribution in [1.29, 1.82) is 0 Å². The lowest BCUT2D eigenvalue weighted by atomic mass is 9.95. The van der Waals surface area contributed by atoms with Gasteiger partial charge in [0.15, 0.2) is 16.3 Å². The Kier molecular flexibility index (Phi) is 5.26. The van der Waals surface area contributed by atoms with E-state index in [1.165, 1.54) is 15.9 Å². The van der Waals surface area contributed by atoms with Crippen LogP contribution in [0.15, 0.2) is 63.5 Å². The number of ether oxygens (including phenoxy) is 3. The smallest absolute Gasteiger partial charge is 0.338 e. The number of phenolic OH excluding ortho intramolecular Hbond substituents is 1. The van der Waals surface area contributed by atoms with Gasteiger partial charge in [-0.15, -0.1) is 0 Å². The van der Waals surface area contributed by atoms with Crippen LogP contribution in [0.25, 0.3) is 6.08 Å². The highest BCUT2D eigenvalue weighted by atomic mass is 32.1.